The Kier molecular flexibility index (Phi) is 5.69. The molecule has 1 heteroatoms. The van der Waals surface area contributed by atoms with Crippen molar-refractivity contribution in [2.45, 2.75) is 19.8 Å². The molecule has 0 unspecified atom stereocenters. The van der Waals surface area contributed by atoms with E-state index in [-0.39, 0.29) is 0 Å². The zero-order chi connectivity index (χ0) is 5.54. The second kappa shape index (κ2) is 5.83. The van der Waals surface area contributed by atoms with Crippen LogP contribution in [-0.4, -0.2) is 5.37 Å². The van der Waals surface area contributed by atoms with Crippen molar-refractivity contribution < 1.29 is 0 Å². The van der Waals surface area contributed by atoms with Gasteiger partial charge in [0.1, 0.15) is 0 Å². The highest BCUT2D eigenvalue weighted by Gasteiger charge is 1.66. The maximum atomic E-state index is 4.55. The Morgan fingerprint density at radius 2 is 2.29 bits per heavy atom. The summed E-state index contributed by atoms with van der Waals surface area (Å²) in [5.74, 6) is 0. The summed E-state index contributed by atoms with van der Waals surface area (Å²) in [4.78, 5) is 0. The van der Waals surface area contributed by atoms with Crippen molar-refractivity contribution in [1.82, 2.24) is 0 Å². The lowest BCUT2D eigenvalue weighted by atomic mass is 10.3. The quantitative estimate of drug-likeness (QED) is 0.401. The van der Waals surface area contributed by atoms with Crippen molar-refractivity contribution in [2.75, 3.05) is 0 Å². The third kappa shape index (κ3) is 5.83. The van der Waals surface area contributed by atoms with Crippen LogP contribution in [0, 0.1) is 0 Å². The molecule has 0 N–H and O–H groups in total. The SMILES string of the molecule is CCC/C=C/C=S. The fraction of sp³-hybridized carbons (Fsp3) is 0.500. The van der Waals surface area contributed by atoms with Crippen molar-refractivity contribution in [1.29, 1.82) is 0 Å². The Bertz CT molecular complexity index is 64.6. The lowest BCUT2D eigenvalue weighted by molar-refractivity contribution is 0.960. The van der Waals surface area contributed by atoms with Crippen LogP contribution >= 0.6 is 12.2 Å². The van der Waals surface area contributed by atoms with Gasteiger partial charge < -0.3 is 0 Å². The molecular weight excluding hydrogens is 104 g/mol. The Labute approximate surface area is 50.2 Å². The molecule has 0 saturated heterocycles. The van der Waals surface area contributed by atoms with Crippen molar-refractivity contribution in [3.8, 4) is 0 Å². The lowest BCUT2D eigenvalue weighted by Crippen LogP contribution is -1.59. The summed E-state index contributed by atoms with van der Waals surface area (Å²) in [5.41, 5.74) is 0. The molecule has 0 aromatic carbocycles. The highest BCUT2D eigenvalue weighted by Crippen LogP contribution is 1.85. The van der Waals surface area contributed by atoms with Crippen LogP contribution in [0.15, 0.2) is 12.2 Å². The number of rotatable bonds is 3. The summed E-state index contributed by atoms with van der Waals surface area (Å²) < 4.78 is 0. The molecule has 0 atom stereocenters. The van der Waals surface area contributed by atoms with Crippen LogP contribution in [-0.2, 0) is 0 Å². The van der Waals surface area contributed by atoms with Crippen molar-refractivity contribution >= 4 is 17.6 Å². The third-order valence-corrected chi connectivity index (χ3v) is 0.827. The van der Waals surface area contributed by atoms with Gasteiger partial charge in [-0.3, -0.25) is 0 Å². The molecule has 0 heterocycles. The van der Waals surface area contributed by atoms with E-state index in [0.29, 0.717) is 0 Å². The molecule has 0 radical (unpaired) electrons. The highest BCUT2D eigenvalue weighted by molar-refractivity contribution is 7.79. The van der Waals surface area contributed by atoms with Crippen LogP contribution in [0.3, 0.4) is 0 Å². The summed E-state index contributed by atoms with van der Waals surface area (Å²) in [7, 11) is 0. The molecule has 0 aliphatic rings. The van der Waals surface area contributed by atoms with Gasteiger partial charge in [-0.05, 0) is 6.42 Å². The summed E-state index contributed by atoms with van der Waals surface area (Å²) in [5, 5.41) is 1.63. The monoisotopic (exact) mass is 114 g/mol. The Morgan fingerprint density at radius 3 is 2.71 bits per heavy atom. The average molecular weight is 114 g/mol. The minimum Gasteiger partial charge on any atom is -0.0887 e. The van der Waals surface area contributed by atoms with Crippen molar-refractivity contribution in [2.24, 2.45) is 0 Å². The fourth-order valence-electron chi connectivity index (χ4n) is 0.318. The Morgan fingerprint density at radius 1 is 1.57 bits per heavy atom. The van der Waals surface area contributed by atoms with Gasteiger partial charge in [0, 0.05) is 5.37 Å². The van der Waals surface area contributed by atoms with Crippen molar-refractivity contribution in [3.63, 3.8) is 0 Å². The molecule has 0 bridgehead atoms. The van der Waals surface area contributed by atoms with Gasteiger partial charge in [0.2, 0.25) is 0 Å². The molecule has 0 spiro atoms. The second-order valence-electron chi connectivity index (χ2n) is 1.35. The third-order valence-electron chi connectivity index (χ3n) is 0.670. The first kappa shape index (κ1) is 6.83. The van der Waals surface area contributed by atoms with Gasteiger partial charge in [0.15, 0.2) is 0 Å². The first-order valence-electron chi connectivity index (χ1n) is 2.52. The zero-order valence-electron chi connectivity index (χ0n) is 4.55. The molecular formula is C6H10S. The zero-order valence-corrected chi connectivity index (χ0v) is 5.37. The van der Waals surface area contributed by atoms with Crippen molar-refractivity contribution in [3.05, 3.63) is 12.2 Å². The predicted octanol–water partition coefficient (Wildman–Crippen LogP) is 2.34. The molecule has 0 rings (SSSR count). The second-order valence-corrected chi connectivity index (χ2v) is 1.63. The highest BCUT2D eigenvalue weighted by atomic mass is 32.1. The summed E-state index contributed by atoms with van der Waals surface area (Å²) in [6, 6.07) is 0. The van der Waals surface area contributed by atoms with Gasteiger partial charge in [-0.25, -0.2) is 0 Å². The number of unbranched alkanes of at least 4 members (excludes halogenated alkanes) is 1. The van der Waals surface area contributed by atoms with Gasteiger partial charge in [0.25, 0.3) is 0 Å². The molecule has 0 aromatic heterocycles. The van der Waals surface area contributed by atoms with E-state index in [1.54, 1.807) is 5.37 Å². The van der Waals surface area contributed by atoms with E-state index in [1.165, 1.54) is 6.42 Å². The van der Waals surface area contributed by atoms with Crippen LogP contribution in [0.5, 0.6) is 0 Å². The number of thiocarbonyl (C=S) groups is 1. The van der Waals surface area contributed by atoms with E-state index in [4.69, 9.17) is 0 Å². The first-order chi connectivity index (χ1) is 3.41. The van der Waals surface area contributed by atoms with Gasteiger partial charge in [-0.15, -0.1) is 0 Å². The molecule has 0 amide bonds. The molecule has 0 aliphatic heterocycles. The maximum absolute atomic E-state index is 4.55. The number of allylic oxidation sites excluding steroid dienone is 2. The minimum absolute atomic E-state index is 1.15. The van der Waals surface area contributed by atoms with E-state index in [1.807, 2.05) is 6.08 Å². The number of hydrogen-bond donors (Lipinski definition) is 0. The molecule has 0 fully saturated rings. The average Bonchev–Trinajstić information content (AvgIpc) is 1.69. The van der Waals surface area contributed by atoms with Gasteiger partial charge in [-0.2, -0.15) is 0 Å². The molecule has 0 nitrogen and oxygen atoms in total. The summed E-state index contributed by atoms with van der Waals surface area (Å²) in [6.45, 7) is 2.15. The summed E-state index contributed by atoms with van der Waals surface area (Å²) >= 11 is 4.55. The van der Waals surface area contributed by atoms with E-state index in [9.17, 15) is 0 Å². The normalized spacial score (nSPS) is 9.86. The van der Waals surface area contributed by atoms with E-state index >= 15 is 0 Å². The first-order valence-corrected chi connectivity index (χ1v) is 2.99. The van der Waals surface area contributed by atoms with E-state index in [0.717, 1.165) is 6.42 Å². The lowest BCUT2D eigenvalue weighted by Gasteiger charge is -1.76. The molecule has 0 aliphatic carbocycles. The minimum atomic E-state index is 1.15. The smallest absolute Gasteiger partial charge is 0.00103 e. The Hall–Kier alpha value is -0.170. The molecule has 0 aromatic rings. The topological polar surface area (TPSA) is 0 Å². The van der Waals surface area contributed by atoms with Crippen LogP contribution < -0.4 is 0 Å². The number of hydrogen-bond acceptors (Lipinski definition) is 1. The summed E-state index contributed by atoms with van der Waals surface area (Å²) in [6.07, 6.45) is 6.33. The van der Waals surface area contributed by atoms with E-state index in [2.05, 4.69) is 25.2 Å². The maximum Gasteiger partial charge on any atom is 0.00103 e. The fourth-order valence-corrected chi connectivity index (χ4v) is 0.430. The van der Waals surface area contributed by atoms with Gasteiger partial charge in [0.05, 0.1) is 0 Å². The largest absolute Gasteiger partial charge is 0.0887 e. The molecule has 0 saturated carbocycles. The molecule has 40 valence electrons. The van der Waals surface area contributed by atoms with Crippen LogP contribution in [0.2, 0.25) is 0 Å². The van der Waals surface area contributed by atoms with Gasteiger partial charge in [-0.1, -0.05) is 37.7 Å². The van der Waals surface area contributed by atoms with Crippen LogP contribution in [0.25, 0.3) is 0 Å². The van der Waals surface area contributed by atoms with E-state index < -0.39 is 0 Å². The standard InChI is InChI=1S/C6H10S/c1-2-3-4-5-6-7/h4-6H,2-3H2,1H3/b5-4+. The van der Waals surface area contributed by atoms with Crippen LogP contribution in [0.4, 0.5) is 0 Å². The predicted molar refractivity (Wildman–Crippen MR) is 37.7 cm³/mol. The van der Waals surface area contributed by atoms with Gasteiger partial charge >= 0.3 is 0 Å². The Balaban J connectivity index is 2.92. The van der Waals surface area contributed by atoms with Crippen LogP contribution in [0.1, 0.15) is 19.8 Å². The molecule has 7 heavy (non-hydrogen) atoms.